The van der Waals surface area contributed by atoms with Crippen molar-refractivity contribution < 1.29 is 4.79 Å². The lowest BCUT2D eigenvalue weighted by Crippen LogP contribution is -2.29. The van der Waals surface area contributed by atoms with Crippen LogP contribution in [-0.2, 0) is 6.54 Å². The van der Waals surface area contributed by atoms with Crippen molar-refractivity contribution in [3.63, 3.8) is 0 Å². The molecule has 1 fully saturated rings. The summed E-state index contributed by atoms with van der Waals surface area (Å²) in [7, 11) is 1.81. The molecule has 6 heteroatoms. The predicted molar refractivity (Wildman–Crippen MR) is 69.4 cm³/mol. The average Bonchev–Trinajstić information content (AvgIpc) is 2.61. The Bertz CT molecular complexity index is 448. The molecule has 0 spiro atoms. The summed E-state index contributed by atoms with van der Waals surface area (Å²) in [6, 6.07) is 1.95. The van der Waals surface area contributed by atoms with E-state index in [2.05, 4.69) is 15.3 Å². The highest BCUT2D eigenvalue weighted by Gasteiger charge is 2.25. The van der Waals surface area contributed by atoms with E-state index in [1.54, 1.807) is 9.80 Å². The lowest BCUT2D eigenvalue weighted by molar-refractivity contribution is 0.196. The van der Waals surface area contributed by atoms with Crippen LogP contribution in [0.5, 0.6) is 0 Å². The van der Waals surface area contributed by atoms with Crippen LogP contribution in [0.2, 0.25) is 0 Å². The van der Waals surface area contributed by atoms with Crippen LogP contribution in [0.3, 0.4) is 0 Å². The molecule has 1 N–H and O–H groups in total. The van der Waals surface area contributed by atoms with Crippen LogP contribution in [0, 0.1) is 6.92 Å². The molecule has 0 aliphatic carbocycles. The molecule has 2 amide bonds. The largest absolute Gasteiger partial charge is 0.370 e. The number of hydrogen-bond donors (Lipinski definition) is 1. The number of carbonyl (C=O) groups is 1. The fourth-order valence-corrected chi connectivity index (χ4v) is 1.99. The molecule has 0 unspecified atom stereocenters. The van der Waals surface area contributed by atoms with Gasteiger partial charge in [-0.1, -0.05) is 0 Å². The number of likely N-dealkylation sites (N-methyl/N-ethyl adjacent to an activating group) is 1. The third-order valence-corrected chi connectivity index (χ3v) is 2.89. The highest BCUT2D eigenvalue weighted by atomic mass is 16.2. The molecule has 2 heterocycles. The molecule has 18 heavy (non-hydrogen) atoms. The topological polar surface area (TPSA) is 61.4 Å². The van der Waals surface area contributed by atoms with Crippen molar-refractivity contribution in [2.75, 3.05) is 32.0 Å². The van der Waals surface area contributed by atoms with Gasteiger partial charge in [0, 0.05) is 38.4 Å². The molecule has 6 nitrogen and oxygen atoms in total. The molecular weight excluding hydrogens is 230 g/mol. The zero-order chi connectivity index (χ0) is 13.1. The van der Waals surface area contributed by atoms with Gasteiger partial charge in [-0.05, 0) is 13.8 Å². The molecule has 2 rings (SSSR count). The first-order chi connectivity index (χ1) is 8.60. The Balaban J connectivity index is 2.11. The van der Waals surface area contributed by atoms with Crippen LogP contribution in [0.25, 0.3) is 0 Å². The normalized spacial score (nSPS) is 15.4. The van der Waals surface area contributed by atoms with Gasteiger partial charge in [0.25, 0.3) is 0 Å². The van der Waals surface area contributed by atoms with Crippen molar-refractivity contribution in [1.82, 2.24) is 19.8 Å². The summed E-state index contributed by atoms with van der Waals surface area (Å²) < 4.78 is 0. The van der Waals surface area contributed by atoms with Gasteiger partial charge in [-0.15, -0.1) is 0 Å². The second-order valence-corrected chi connectivity index (χ2v) is 4.47. The highest BCUT2D eigenvalue weighted by molar-refractivity contribution is 5.76. The minimum Gasteiger partial charge on any atom is -0.370 e. The summed E-state index contributed by atoms with van der Waals surface area (Å²) in [4.78, 5) is 24.1. The number of carbonyl (C=O) groups excluding carboxylic acids is 1. The Labute approximate surface area is 107 Å². The molecular formula is C12H19N5O. The zero-order valence-corrected chi connectivity index (χ0v) is 11.1. The first kappa shape index (κ1) is 12.6. The summed E-state index contributed by atoms with van der Waals surface area (Å²) in [5.74, 6) is 1.51. The number of urea groups is 1. The van der Waals surface area contributed by atoms with Gasteiger partial charge in [-0.2, -0.15) is 0 Å². The van der Waals surface area contributed by atoms with Crippen LogP contribution in [0.4, 0.5) is 10.6 Å². The van der Waals surface area contributed by atoms with Gasteiger partial charge >= 0.3 is 6.03 Å². The standard InChI is InChI=1S/C12H19N5O/c1-4-13-10-7-9(2)14-11(15-10)8-17-6-5-16(3)12(17)18/h7H,4-6,8H2,1-3H3,(H,13,14,15). The summed E-state index contributed by atoms with van der Waals surface area (Å²) in [5.41, 5.74) is 0.913. The molecule has 0 aromatic carbocycles. The van der Waals surface area contributed by atoms with E-state index in [0.717, 1.165) is 31.1 Å². The van der Waals surface area contributed by atoms with E-state index in [9.17, 15) is 4.79 Å². The number of hydrogen-bond acceptors (Lipinski definition) is 4. The maximum atomic E-state index is 11.8. The maximum absolute atomic E-state index is 11.8. The zero-order valence-electron chi connectivity index (χ0n) is 11.1. The van der Waals surface area contributed by atoms with Crippen LogP contribution in [-0.4, -0.2) is 52.5 Å². The lowest BCUT2D eigenvalue weighted by Gasteiger charge is -2.15. The molecule has 0 bridgehead atoms. The number of anilines is 1. The fourth-order valence-electron chi connectivity index (χ4n) is 1.99. The third kappa shape index (κ3) is 2.69. The summed E-state index contributed by atoms with van der Waals surface area (Å²) in [5, 5.41) is 3.17. The average molecular weight is 249 g/mol. The van der Waals surface area contributed by atoms with Crippen LogP contribution in [0.1, 0.15) is 18.4 Å². The minimum absolute atomic E-state index is 0.0464. The van der Waals surface area contributed by atoms with E-state index in [4.69, 9.17) is 0 Å². The van der Waals surface area contributed by atoms with E-state index in [1.807, 2.05) is 27.0 Å². The van der Waals surface area contributed by atoms with Gasteiger partial charge in [0.1, 0.15) is 11.6 Å². The van der Waals surface area contributed by atoms with Crippen molar-refractivity contribution in [1.29, 1.82) is 0 Å². The molecule has 1 saturated heterocycles. The molecule has 1 aliphatic rings. The van der Waals surface area contributed by atoms with E-state index < -0.39 is 0 Å². The smallest absolute Gasteiger partial charge is 0.320 e. The number of nitrogens with one attached hydrogen (secondary N) is 1. The second-order valence-electron chi connectivity index (χ2n) is 4.47. The minimum atomic E-state index is 0.0464. The van der Waals surface area contributed by atoms with E-state index in [-0.39, 0.29) is 6.03 Å². The first-order valence-electron chi connectivity index (χ1n) is 6.18. The lowest BCUT2D eigenvalue weighted by atomic mass is 10.4. The van der Waals surface area contributed by atoms with E-state index in [0.29, 0.717) is 12.4 Å². The summed E-state index contributed by atoms with van der Waals surface area (Å²) in [6.07, 6.45) is 0. The number of amides is 2. The quantitative estimate of drug-likeness (QED) is 0.867. The van der Waals surface area contributed by atoms with E-state index >= 15 is 0 Å². The Morgan fingerprint density at radius 2 is 2.17 bits per heavy atom. The van der Waals surface area contributed by atoms with Crippen molar-refractivity contribution in [2.24, 2.45) is 0 Å². The van der Waals surface area contributed by atoms with Crippen LogP contribution >= 0.6 is 0 Å². The Kier molecular flexibility index (Phi) is 3.64. The van der Waals surface area contributed by atoms with Gasteiger partial charge in [0.15, 0.2) is 0 Å². The van der Waals surface area contributed by atoms with Crippen molar-refractivity contribution in [2.45, 2.75) is 20.4 Å². The molecule has 98 valence electrons. The molecule has 1 aromatic rings. The monoisotopic (exact) mass is 249 g/mol. The number of aromatic nitrogens is 2. The highest BCUT2D eigenvalue weighted by Crippen LogP contribution is 2.12. The first-order valence-corrected chi connectivity index (χ1v) is 6.18. The SMILES string of the molecule is CCNc1cc(C)nc(CN2CCN(C)C2=O)n1. The maximum Gasteiger partial charge on any atom is 0.320 e. The molecule has 1 aromatic heterocycles. The molecule has 0 saturated carbocycles. The Hall–Kier alpha value is -1.85. The Morgan fingerprint density at radius 3 is 2.78 bits per heavy atom. The molecule has 1 aliphatic heterocycles. The van der Waals surface area contributed by atoms with Crippen molar-refractivity contribution in [3.05, 3.63) is 17.6 Å². The van der Waals surface area contributed by atoms with Crippen molar-refractivity contribution in [3.8, 4) is 0 Å². The number of aryl methyl sites for hydroxylation is 1. The summed E-state index contributed by atoms with van der Waals surface area (Å²) in [6.45, 7) is 6.76. The van der Waals surface area contributed by atoms with Gasteiger partial charge in [0.2, 0.25) is 0 Å². The van der Waals surface area contributed by atoms with Crippen molar-refractivity contribution >= 4 is 11.8 Å². The fraction of sp³-hybridized carbons (Fsp3) is 0.583. The second kappa shape index (κ2) is 5.20. The summed E-state index contributed by atoms with van der Waals surface area (Å²) >= 11 is 0. The number of rotatable bonds is 4. The molecule has 0 atom stereocenters. The third-order valence-electron chi connectivity index (χ3n) is 2.89. The van der Waals surface area contributed by atoms with Gasteiger partial charge in [-0.3, -0.25) is 0 Å². The van der Waals surface area contributed by atoms with Crippen LogP contribution in [0.15, 0.2) is 6.07 Å². The predicted octanol–water partition coefficient (Wildman–Crippen LogP) is 1.08. The van der Waals surface area contributed by atoms with Gasteiger partial charge in [-0.25, -0.2) is 14.8 Å². The van der Waals surface area contributed by atoms with Gasteiger partial charge in [0.05, 0.1) is 6.54 Å². The Morgan fingerprint density at radius 1 is 1.39 bits per heavy atom. The van der Waals surface area contributed by atoms with Crippen LogP contribution < -0.4 is 5.32 Å². The van der Waals surface area contributed by atoms with E-state index in [1.165, 1.54) is 0 Å². The number of nitrogens with zero attached hydrogens (tertiary/aromatic N) is 4. The molecule has 0 radical (unpaired) electrons. The van der Waals surface area contributed by atoms with Gasteiger partial charge < -0.3 is 15.1 Å².